The fraction of sp³-hybridized carbons (Fsp3) is 0.515. The van der Waals surface area contributed by atoms with Gasteiger partial charge < -0.3 is 4.48 Å². The average molecular weight is 577 g/mol. The first kappa shape index (κ1) is 30.8. The number of carbonyl (C=O) groups is 4. The normalized spacial score (nSPS) is 15.2. The third-order valence-electron chi connectivity index (χ3n) is 8.75. The zero-order valence-electron chi connectivity index (χ0n) is 25.3. The smallest absolute Gasteiger partial charge is 0.261 e. The van der Waals surface area contributed by atoms with Gasteiger partial charge in [-0.25, -0.2) is 0 Å². The van der Waals surface area contributed by atoms with Gasteiger partial charge in [0.25, 0.3) is 23.6 Å². The quantitative estimate of drug-likeness (QED) is 0.105. The molecule has 41 heavy (non-hydrogen) atoms. The van der Waals surface area contributed by atoms with Crippen LogP contribution < -0.4 is 0 Å². The van der Waals surface area contributed by atoms with Gasteiger partial charge in [-0.2, -0.15) is 0 Å². The number of nitrogens with zero attached hydrogens (tertiary/aromatic N) is 3. The Hall–Kier alpha value is -3.10. The summed E-state index contributed by atoms with van der Waals surface area (Å²) in [6, 6.07) is 16.6. The van der Waals surface area contributed by atoms with Gasteiger partial charge in [0.15, 0.2) is 0 Å². The van der Waals surface area contributed by atoms with Crippen LogP contribution in [0.15, 0.2) is 48.5 Å². The number of benzene rings is 2. The first-order valence-electron chi connectivity index (χ1n) is 15.2. The SMILES string of the molecule is C[N+](C)(CCCCCCC[Si](C)(C)CCCN1C(=O)c2ccccc2C1=O)CCCN1C(=O)c2ccccc2C1=O. The van der Waals surface area contributed by atoms with E-state index in [9.17, 15) is 19.2 Å². The Morgan fingerprint density at radius 2 is 0.902 bits per heavy atom. The maximum atomic E-state index is 12.6. The number of hydrogen-bond donors (Lipinski definition) is 0. The minimum absolute atomic E-state index is 0.144. The molecule has 8 heteroatoms. The van der Waals surface area contributed by atoms with Gasteiger partial charge >= 0.3 is 0 Å². The fourth-order valence-electron chi connectivity index (χ4n) is 6.17. The summed E-state index contributed by atoms with van der Waals surface area (Å²) in [4.78, 5) is 53.1. The van der Waals surface area contributed by atoms with Gasteiger partial charge in [0, 0.05) is 27.6 Å². The highest BCUT2D eigenvalue weighted by molar-refractivity contribution is 6.77. The average Bonchev–Trinajstić information content (AvgIpc) is 3.33. The van der Waals surface area contributed by atoms with Crippen LogP contribution >= 0.6 is 0 Å². The van der Waals surface area contributed by atoms with Crippen LogP contribution in [0.4, 0.5) is 0 Å². The highest BCUT2D eigenvalue weighted by atomic mass is 28.3. The zero-order chi connectivity index (χ0) is 29.6. The van der Waals surface area contributed by atoms with E-state index in [-0.39, 0.29) is 23.6 Å². The number of hydrogen-bond acceptors (Lipinski definition) is 4. The predicted molar refractivity (Wildman–Crippen MR) is 165 cm³/mol. The van der Waals surface area contributed by atoms with Crippen molar-refractivity contribution in [1.29, 1.82) is 0 Å². The third-order valence-corrected chi connectivity index (χ3v) is 12.2. The third kappa shape index (κ3) is 7.60. The molecule has 2 aromatic rings. The zero-order valence-corrected chi connectivity index (χ0v) is 26.3. The molecule has 0 aliphatic carbocycles. The molecule has 4 amide bonds. The largest absolute Gasteiger partial charge is 0.328 e. The predicted octanol–water partition coefficient (Wildman–Crippen LogP) is 6.09. The van der Waals surface area contributed by atoms with Crippen LogP contribution in [0.3, 0.4) is 0 Å². The Balaban J connectivity index is 1.05. The molecule has 0 radical (unpaired) electrons. The number of fused-ring (bicyclic) bond motifs is 2. The minimum Gasteiger partial charge on any atom is -0.328 e. The maximum absolute atomic E-state index is 12.6. The Morgan fingerprint density at radius 3 is 1.39 bits per heavy atom. The highest BCUT2D eigenvalue weighted by Crippen LogP contribution is 2.26. The van der Waals surface area contributed by atoms with Crippen molar-refractivity contribution in [2.24, 2.45) is 0 Å². The summed E-state index contributed by atoms with van der Waals surface area (Å²) in [5.41, 5.74) is 2.13. The second-order valence-electron chi connectivity index (χ2n) is 13.1. The molecule has 0 bridgehead atoms. The molecule has 220 valence electrons. The Morgan fingerprint density at radius 1 is 0.537 bits per heavy atom. The Bertz CT molecular complexity index is 1120. The van der Waals surface area contributed by atoms with E-state index in [1.165, 1.54) is 47.9 Å². The number of rotatable bonds is 16. The van der Waals surface area contributed by atoms with Crippen LogP contribution in [0, 0.1) is 0 Å². The number of unbranched alkanes of at least 4 members (excludes halogenated alkanes) is 4. The van der Waals surface area contributed by atoms with Crippen molar-refractivity contribution in [3.8, 4) is 0 Å². The molecule has 0 fully saturated rings. The molecule has 0 aromatic heterocycles. The van der Waals surface area contributed by atoms with Crippen molar-refractivity contribution in [2.75, 3.05) is 40.3 Å². The van der Waals surface area contributed by atoms with E-state index in [4.69, 9.17) is 0 Å². The van der Waals surface area contributed by atoms with E-state index in [2.05, 4.69) is 27.2 Å². The second-order valence-corrected chi connectivity index (χ2v) is 18.5. The van der Waals surface area contributed by atoms with E-state index in [0.29, 0.717) is 35.3 Å². The van der Waals surface area contributed by atoms with Gasteiger partial charge in [0.2, 0.25) is 0 Å². The lowest BCUT2D eigenvalue weighted by atomic mass is 10.1. The summed E-state index contributed by atoms with van der Waals surface area (Å²) < 4.78 is 0.899. The van der Waals surface area contributed by atoms with Gasteiger partial charge in [0.05, 0.1) is 49.4 Å². The van der Waals surface area contributed by atoms with Crippen molar-refractivity contribution in [2.45, 2.75) is 70.1 Å². The minimum atomic E-state index is -1.36. The molecular weight excluding hydrogens is 530 g/mol. The molecule has 0 atom stereocenters. The number of carbonyl (C=O) groups excluding carboxylic acids is 4. The Kier molecular flexibility index (Phi) is 9.97. The van der Waals surface area contributed by atoms with E-state index in [1.54, 1.807) is 36.4 Å². The summed E-state index contributed by atoms with van der Waals surface area (Å²) >= 11 is 0. The maximum Gasteiger partial charge on any atom is 0.261 e. The molecule has 0 saturated carbocycles. The molecule has 0 saturated heterocycles. The molecule has 7 nitrogen and oxygen atoms in total. The summed E-state index contributed by atoms with van der Waals surface area (Å²) in [6.45, 7) is 7.89. The lowest BCUT2D eigenvalue weighted by Crippen LogP contribution is -2.43. The standard InChI is InChI=1S/C33H46N3O4Si/c1-36(2,23-14-20-34-30(37)26-16-8-9-17-27(26)31(34)38)22-12-6-5-7-13-24-41(3,4)25-15-21-35-32(39)28-18-10-11-19-29(28)33(35)40/h8-11,16-19H,5-7,12-15,20-25H2,1-4H3/q+1. The van der Waals surface area contributed by atoms with Gasteiger partial charge in [-0.05, 0) is 43.5 Å². The first-order chi connectivity index (χ1) is 19.5. The van der Waals surface area contributed by atoms with Crippen LogP contribution in [0.25, 0.3) is 0 Å². The summed E-state index contributed by atoms with van der Waals surface area (Å²) in [6.07, 6.45) is 7.86. The molecule has 2 aliphatic rings. The number of quaternary nitrogens is 1. The molecule has 4 rings (SSSR count). The fourth-order valence-corrected chi connectivity index (χ4v) is 8.74. The van der Waals surface area contributed by atoms with Crippen LogP contribution in [0.2, 0.25) is 25.2 Å². The lowest BCUT2D eigenvalue weighted by molar-refractivity contribution is -0.890. The van der Waals surface area contributed by atoms with E-state index in [1.807, 2.05) is 12.1 Å². The summed E-state index contributed by atoms with van der Waals surface area (Å²) in [5.74, 6) is -0.612. The van der Waals surface area contributed by atoms with Gasteiger partial charge in [-0.1, -0.05) is 68.7 Å². The van der Waals surface area contributed by atoms with Gasteiger partial charge in [-0.3, -0.25) is 29.0 Å². The van der Waals surface area contributed by atoms with Crippen molar-refractivity contribution in [3.05, 3.63) is 70.8 Å². The van der Waals surface area contributed by atoms with Crippen LogP contribution in [-0.4, -0.2) is 86.3 Å². The number of imide groups is 2. The first-order valence-corrected chi connectivity index (χ1v) is 18.6. The second kappa shape index (κ2) is 13.3. The van der Waals surface area contributed by atoms with Crippen molar-refractivity contribution in [3.63, 3.8) is 0 Å². The number of amides is 4. The van der Waals surface area contributed by atoms with Crippen LogP contribution in [0.5, 0.6) is 0 Å². The lowest BCUT2D eigenvalue weighted by Gasteiger charge is -2.30. The summed E-state index contributed by atoms with van der Waals surface area (Å²) in [5, 5.41) is 0. The van der Waals surface area contributed by atoms with Crippen LogP contribution in [0.1, 0.15) is 86.4 Å². The van der Waals surface area contributed by atoms with Gasteiger partial charge in [-0.15, -0.1) is 0 Å². The van der Waals surface area contributed by atoms with Crippen molar-refractivity contribution >= 4 is 31.7 Å². The van der Waals surface area contributed by atoms with Crippen LogP contribution in [-0.2, 0) is 0 Å². The van der Waals surface area contributed by atoms with Crippen molar-refractivity contribution in [1.82, 2.24) is 9.80 Å². The van der Waals surface area contributed by atoms with E-state index >= 15 is 0 Å². The molecule has 2 aliphatic heterocycles. The molecular formula is C33H46N3O4Si+. The molecule has 0 spiro atoms. The molecule has 0 N–H and O–H groups in total. The molecule has 2 heterocycles. The topological polar surface area (TPSA) is 74.8 Å². The Labute approximate surface area is 246 Å². The van der Waals surface area contributed by atoms with E-state index in [0.717, 1.165) is 36.5 Å². The molecule has 0 unspecified atom stereocenters. The monoisotopic (exact) mass is 576 g/mol. The molecule has 2 aromatic carbocycles. The van der Waals surface area contributed by atoms with Gasteiger partial charge in [0.1, 0.15) is 0 Å². The van der Waals surface area contributed by atoms with Crippen molar-refractivity contribution < 1.29 is 23.7 Å². The van der Waals surface area contributed by atoms with E-state index < -0.39 is 8.07 Å². The highest BCUT2D eigenvalue weighted by Gasteiger charge is 2.36. The summed E-state index contributed by atoms with van der Waals surface area (Å²) in [7, 11) is 3.11.